The summed E-state index contributed by atoms with van der Waals surface area (Å²) < 4.78 is 28.9. The van der Waals surface area contributed by atoms with Gasteiger partial charge in [0.05, 0.1) is 5.69 Å². The number of nitrogens with two attached hydrogens (primary N) is 1. The molecule has 0 spiro atoms. The number of para-hydroxylation sites is 1. The van der Waals surface area contributed by atoms with Crippen LogP contribution in [0.15, 0.2) is 60.7 Å². The van der Waals surface area contributed by atoms with E-state index in [1.54, 1.807) is 18.2 Å². The van der Waals surface area contributed by atoms with E-state index in [-0.39, 0.29) is 0 Å². The smallest absolute Gasteiger partial charge is 0.399 e. The van der Waals surface area contributed by atoms with Gasteiger partial charge in [0.25, 0.3) is 0 Å². The van der Waals surface area contributed by atoms with E-state index in [4.69, 9.17) is 19.3 Å². The zero-order chi connectivity index (χ0) is 17.7. The summed E-state index contributed by atoms with van der Waals surface area (Å²) in [5.74, 6) is 1.13. The van der Waals surface area contributed by atoms with Crippen LogP contribution in [0.2, 0.25) is 0 Å². The summed E-state index contributed by atoms with van der Waals surface area (Å²) in [5, 5.41) is 6.45. The molecule has 0 saturated heterocycles. The van der Waals surface area contributed by atoms with E-state index in [2.05, 4.69) is 10.6 Å². The molecule has 0 aliphatic carbocycles. The fourth-order valence-electron chi connectivity index (χ4n) is 2.87. The monoisotopic (exact) mass is 367 g/mol. The minimum absolute atomic E-state index is 0.352. The first-order valence-corrected chi connectivity index (χ1v) is 9.40. The summed E-state index contributed by atoms with van der Waals surface area (Å²) in [4.78, 5) is 0. The first-order valence-electron chi connectivity index (χ1n) is 7.94. The Morgan fingerprint density at radius 2 is 1.50 bits per heavy atom. The van der Waals surface area contributed by atoms with E-state index in [9.17, 15) is 4.57 Å². The molecule has 0 amide bonds. The van der Waals surface area contributed by atoms with Crippen LogP contribution in [-0.4, -0.2) is 0 Å². The van der Waals surface area contributed by atoms with Crippen LogP contribution in [0.4, 0.5) is 28.4 Å². The zero-order valence-corrected chi connectivity index (χ0v) is 14.3. The van der Waals surface area contributed by atoms with Crippen LogP contribution in [0.1, 0.15) is 0 Å². The normalized spacial score (nSPS) is 18.6. The van der Waals surface area contributed by atoms with Gasteiger partial charge in [-0.25, -0.2) is 0 Å². The molecule has 7 nitrogen and oxygen atoms in total. The third kappa shape index (κ3) is 2.41. The number of nitrogen functional groups attached to an aromatic ring is 1. The van der Waals surface area contributed by atoms with Crippen molar-refractivity contribution in [3.8, 4) is 17.2 Å². The van der Waals surface area contributed by atoms with Crippen LogP contribution in [0.25, 0.3) is 0 Å². The lowest BCUT2D eigenvalue weighted by molar-refractivity contribution is 0.327. The molecule has 5 rings (SSSR count). The number of hydrogen-bond donors (Lipinski definition) is 3. The van der Waals surface area contributed by atoms with E-state index in [0.29, 0.717) is 34.3 Å². The van der Waals surface area contributed by atoms with Crippen LogP contribution in [-0.2, 0) is 4.57 Å². The summed E-state index contributed by atoms with van der Waals surface area (Å²) in [5.41, 5.74) is 9.23. The summed E-state index contributed by atoms with van der Waals surface area (Å²) in [6, 6.07) is 18.6. The molecule has 2 aliphatic rings. The highest BCUT2D eigenvalue weighted by Crippen LogP contribution is 2.70. The van der Waals surface area contributed by atoms with Crippen LogP contribution in [0.3, 0.4) is 0 Å². The van der Waals surface area contributed by atoms with Crippen molar-refractivity contribution in [3.63, 3.8) is 0 Å². The molecule has 0 aromatic heterocycles. The van der Waals surface area contributed by atoms with Crippen molar-refractivity contribution in [2.24, 2.45) is 0 Å². The van der Waals surface area contributed by atoms with Gasteiger partial charge in [0, 0.05) is 23.1 Å². The predicted octanol–water partition coefficient (Wildman–Crippen LogP) is 5.03. The van der Waals surface area contributed by atoms with Crippen molar-refractivity contribution in [1.82, 2.24) is 0 Å². The Hall–Kier alpha value is -3.31. The Morgan fingerprint density at radius 1 is 0.808 bits per heavy atom. The van der Waals surface area contributed by atoms with Crippen LogP contribution in [0, 0.1) is 0 Å². The molecular formula is C18H14N3O4P. The van der Waals surface area contributed by atoms with Crippen molar-refractivity contribution in [3.05, 3.63) is 60.7 Å². The highest BCUT2D eigenvalue weighted by molar-refractivity contribution is 7.50. The van der Waals surface area contributed by atoms with Gasteiger partial charge in [0.15, 0.2) is 5.75 Å². The first kappa shape index (κ1) is 15.0. The van der Waals surface area contributed by atoms with Gasteiger partial charge in [-0.15, -0.1) is 0 Å². The quantitative estimate of drug-likeness (QED) is 0.440. The maximum absolute atomic E-state index is 12.5. The molecule has 2 aliphatic heterocycles. The number of hydrogen-bond acceptors (Lipinski definition) is 7. The van der Waals surface area contributed by atoms with E-state index in [1.807, 2.05) is 42.5 Å². The summed E-state index contributed by atoms with van der Waals surface area (Å²) in [6.07, 6.45) is 0. The Kier molecular flexibility index (Phi) is 3.08. The van der Waals surface area contributed by atoms with Gasteiger partial charge < -0.3 is 29.9 Å². The van der Waals surface area contributed by atoms with Crippen molar-refractivity contribution < 1.29 is 18.1 Å². The molecule has 3 aromatic rings. The van der Waals surface area contributed by atoms with Gasteiger partial charge in [-0.2, -0.15) is 4.57 Å². The lowest BCUT2D eigenvalue weighted by Crippen LogP contribution is -2.06. The number of phosphoric ester groups is 1. The van der Waals surface area contributed by atoms with Crippen molar-refractivity contribution in [2.45, 2.75) is 0 Å². The fourth-order valence-corrected chi connectivity index (χ4v) is 4.16. The molecular weight excluding hydrogens is 353 g/mol. The number of anilines is 5. The average molecular weight is 367 g/mol. The number of benzene rings is 3. The molecule has 0 fully saturated rings. The van der Waals surface area contributed by atoms with Crippen molar-refractivity contribution in [1.29, 1.82) is 0 Å². The van der Waals surface area contributed by atoms with Crippen molar-refractivity contribution >= 4 is 36.3 Å². The molecule has 8 heteroatoms. The van der Waals surface area contributed by atoms with Gasteiger partial charge in [0.1, 0.15) is 5.69 Å². The number of phosphoric acid groups is 1. The van der Waals surface area contributed by atoms with Gasteiger partial charge in [-0.05, 0) is 36.4 Å². The minimum Gasteiger partial charge on any atom is -0.399 e. The standard InChI is InChI=1S/C18H14N3O4P/c19-11-6-8-13(9-7-11)20-14-10-15-16(21-12-4-2-1-3-5-12)18-17(14)24-26(22,23-15)25-18/h1-10,20-21H,19H2. The summed E-state index contributed by atoms with van der Waals surface area (Å²) in [6.45, 7) is 0. The maximum Gasteiger partial charge on any atom is 0.647 e. The largest absolute Gasteiger partial charge is 0.647 e. The molecule has 2 heterocycles. The highest BCUT2D eigenvalue weighted by atomic mass is 31.2. The molecule has 3 bridgehead atoms. The zero-order valence-electron chi connectivity index (χ0n) is 13.4. The van der Waals surface area contributed by atoms with Crippen LogP contribution < -0.4 is 29.9 Å². The van der Waals surface area contributed by atoms with E-state index < -0.39 is 7.82 Å². The Balaban J connectivity index is 1.56. The second-order valence-corrected chi connectivity index (χ2v) is 7.36. The minimum atomic E-state index is -3.65. The third-order valence-electron chi connectivity index (χ3n) is 4.05. The van der Waals surface area contributed by atoms with Gasteiger partial charge >= 0.3 is 7.82 Å². The molecule has 1 unspecified atom stereocenters. The maximum atomic E-state index is 12.5. The predicted molar refractivity (Wildman–Crippen MR) is 99.8 cm³/mol. The number of fused-ring (bicyclic) bond motifs is 2. The number of rotatable bonds is 4. The fraction of sp³-hybridized carbons (Fsp3) is 0. The van der Waals surface area contributed by atoms with Crippen molar-refractivity contribution in [2.75, 3.05) is 16.4 Å². The lowest BCUT2D eigenvalue weighted by atomic mass is 10.2. The molecule has 130 valence electrons. The topological polar surface area (TPSA) is 94.8 Å². The Bertz CT molecular complexity index is 1050. The highest BCUT2D eigenvalue weighted by Gasteiger charge is 2.50. The molecule has 26 heavy (non-hydrogen) atoms. The molecule has 3 aromatic carbocycles. The van der Waals surface area contributed by atoms with Gasteiger partial charge in [0.2, 0.25) is 11.5 Å². The second kappa shape index (κ2) is 5.34. The molecule has 4 N–H and O–H groups in total. The molecule has 0 radical (unpaired) electrons. The summed E-state index contributed by atoms with van der Waals surface area (Å²) in [7, 11) is -3.65. The third-order valence-corrected chi connectivity index (χ3v) is 5.28. The first-order chi connectivity index (χ1) is 12.6. The summed E-state index contributed by atoms with van der Waals surface area (Å²) >= 11 is 0. The molecule has 1 atom stereocenters. The number of nitrogens with one attached hydrogen (secondary N) is 2. The lowest BCUT2D eigenvalue weighted by Gasteiger charge is -2.20. The van der Waals surface area contributed by atoms with Gasteiger partial charge in [-0.3, -0.25) is 0 Å². The van der Waals surface area contributed by atoms with Gasteiger partial charge in [-0.1, -0.05) is 18.2 Å². The molecule has 0 saturated carbocycles. The van der Waals surface area contributed by atoms with E-state index >= 15 is 0 Å². The average Bonchev–Trinajstić information content (AvgIpc) is 2.85. The Labute approximate surface area is 149 Å². The van der Waals surface area contributed by atoms with E-state index in [0.717, 1.165) is 11.4 Å². The SMILES string of the molecule is Nc1ccc(Nc2cc3c(Nc4ccccc4)c4c2OP(=O)(O3)O4)cc1. The second-order valence-electron chi connectivity index (χ2n) is 5.91. The van der Waals surface area contributed by atoms with Crippen LogP contribution in [0.5, 0.6) is 17.2 Å². The van der Waals surface area contributed by atoms with E-state index in [1.165, 1.54) is 0 Å². The Morgan fingerprint density at radius 3 is 2.27 bits per heavy atom. The van der Waals surface area contributed by atoms with Crippen LogP contribution >= 0.6 is 7.82 Å².